The van der Waals surface area contributed by atoms with Gasteiger partial charge >= 0.3 is 5.97 Å². The topological polar surface area (TPSA) is 96.8 Å². The van der Waals surface area contributed by atoms with E-state index in [9.17, 15) is 9.59 Å². The number of nitrogens with one attached hydrogen (secondary N) is 1. The Bertz CT molecular complexity index is 1460. The second-order valence-corrected chi connectivity index (χ2v) is 8.60. The van der Waals surface area contributed by atoms with Gasteiger partial charge in [-0.25, -0.2) is 9.79 Å². The van der Waals surface area contributed by atoms with Crippen molar-refractivity contribution in [3.8, 4) is 0 Å². The average Bonchev–Trinajstić information content (AvgIpc) is 3.49. The highest BCUT2D eigenvalue weighted by atomic mass is 32.2. The monoisotopic (exact) mass is 457 g/mol. The average molecular weight is 458 g/mol. The van der Waals surface area contributed by atoms with E-state index in [-0.39, 0.29) is 11.7 Å². The predicted octanol–water partition coefficient (Wildman–Crippen LogP) is 5.18. The Morgan fingerprint density at radius 1 is 1.15 bits per heavy atom. The van der Waals surface area contributed by atoms with Gasteiger partial charge in [-0.2, -0.15) is 0 Å². The minimum absolute atomic E-state index is 0.0942. The summed E-state index contributed by atoms with van der Waals surface area (Å²) in [5.41, 5.74) is 3.68. The lowest BCUT2D eigenvalue weighted by atomic mass is 10.1. The third-order valence-corrected chi connectivity index (χ3v) is 6.20. The molecule has 1 fully saturated rings. The first-order valence-corrected chi connectivity index (χ1v) is 11.0. The Morgan fingerprint density at radius 2 is 1.94 bits per heavy atom. The second-order valence-electron chi connectivity index (χ2n) is 7.57. The molecular weight excluding hydrogens is 438 g/mol. The van der Waals surface area contributed by atoms with Gasteiger partial charge in [0.25, 0.3) is 5.91 Å². The molecule has 4 aromatic rings. The van der Waals surface area contributed by atoms with Crippen molar-refractivity contribution in [3.05, 3.63) is 94.4 Å². The first kappa shape index (κ1) is 20.8. The van der Waals surface area contributed by atoms with Gasteiger partial charge in [0.2, 0.25) is 5.76 Å². The molecule has 0 spiro atoms. The fourth-order valence-corrected chi connectivity index (χ4v) is 4.51. The molecule has 33 heavy (non-hydrogen) atoms. The fourth-order valence-electron chi connectivity index (χ4n) is 3.69. The molecule has 0 radical (unpaired) electrons. The van der Waals surface area contributed by atoms with Gasteiger partial charge in [-0.15, -0.1) is 0 Å². The van der Waals surface area contributed by atoms with Gasteiger partial charge in [0, 0.05) is 22.7 Å². The number of fused-ring (bicyclic) bond motifs is 1. The number of thioether (sulfide) groups is 1. The Hall–Kier alpha value is -4.04. The van der Waals surface area contributed by atoms with Gasteiger partial charge in [0.05, 0.1) is 17.1 Å². The van der Waals surface area contributed by atoms with Crippen molar-refractivity contribution in [1.82, 2.24) is 9.88 Å². The van der Waals surface area contributed by atoms with Crippen LogP contribution in [-0.2, 0) is 11.3 Å². The molecule has 8 heteroatoms. The first-order chi connectivity index (χ1) is 16.0. The molecule has 2 N–H and O–H groups in total. The highest BCUT2D eigenvalue weighted by molar-refractivity contribution is 8.18. The molecule has 164 valence electrons. The third-order valence-electron chi connectivity index (χ3n) is 5.29. The number of hydrogen-bond donors (Lipinski definition) is 2. The lowest BCUT2D eigenvalue weighted by molar-refractivity contribution is -0.115. The van der Waals surface area contributed by atoms with Crippen molar-refractivity contribution >= 4 is 51.5 Å². The quantitative estimate of drug-likeness (QED) is 0.403. The third kappa shape index (κ3) is 4.20. The maximum absolute atomic E-state index is 12.6. The molecule has 0 bridgehead atoms. The highest BCUT2D eigenvalue weighted by Gasteiger charge is 2.24. The smallest absolute Gasteiger partial charge is 0.371 e. The predicted molar refractivity (Wildman–Crippen MR) is 129 cm³/mol. The SMILES string of the molecule is Cc1ccccc1N=C1NC(=O)C(=Cc2cn(Cc3ccc(C(=O)O)o3)c3ccccc23)S1. The largest absolute Gasteiger partial charge is 0.475 e. The number of aromatic nitrogens is 1. The van der Waals surface area contributed by atoms with Crippen LogP contribution in [0.3, 0.4) is 0 Å². The number of rotatable bonds is 5. The summed E-state index contributed by atoms with van der Waals surface area (Å²) in [6, 6.07) is 18.7. The van der Waals surface area contributed by atoms with E-state index in [0.717, 1.165) is 27.7 Å². The van der Waals surface area contributed by atoms with Crippen molar-refractivity contribution in [2.75, 3.05) is 0 Å². The van der Waals surface area contributed by atoms with Crippen LogP contribution in [-0.4, -0.2) is 26.7 Å². The van der Waals surface area contributed by atoms with Gasteiger partial charge in [-0.05, 0) is 54.6 Å². The molecular formula is C25H19N3O4S. The van der Waals surface area contributed by atoms with E-state index in [4.69, 9.17) is 9.52 Å². The van der Waals surface area contributed by atoms with E-state index >= 15 is 0 Å². The van der Waals surface area contributed by atoms with Crippen LogP contribution in [0.5, 0.6) is 0 Å². The minimum Gasteiger partial charge on any atom is -0.475 e. The number of hydrogen-bond acceptors (Lipinski definition) is 5. The van der Waals surface area contributed by atoms with Crippen molar-refractivity contribution in [1.29, 1.82) is 0 Å². The summed E-state index contributed by atoms with van der Waals surface area (Å²) in [6.45, 7) is 2.35. The lowest BCUT2D eigenvalue weighted by Crippen LogP contribution is -2.19. The Morgan fingerprint density at radius 3 is 2.73 bits per heavy atom. The molecule has 3 heterocycles. The normalized spacial score (nSPS) is 16.1. The summed E-state index contributed by atoms with van der Waals surface area (Å²) in [4.78, 5) is 28.8. The molecule has 0 aliphatic carbocycles. The number of aromatic carboxylic acids is 1. The van der Waals surface area contributed by atoms with E-state index < -0.39 is 5.97 Å². The molecule has 2 aromatic carbocycles. The number of aryl methyl sites for hydroxylation is 1. The van der Waals surface area contributed by atoms with Crippen molar-refractivity contribution in [2.45, 2.75) is 13.5 Å². The Kier molecular flexibility index (Phi) is 5.35. The van der Waals surface area contributed by atoms with Crippen LogP contribution in [0.2, 0.25) is 0 Å². The van der Waals surface area contributed by atoms with E-state index in [1.165, 1.54) is 17.8 Å². The summed E-state index contributed by atoms with van der Waals surface area (Å²) in [5.74, 6) is -0.853. The standard InChI is InChI=1S/C25H19N3O4S/c1-15-6-2-4-8-19(15)26-25-27-23(29)22(33-25)12-16-13-28(20-9-5-3-7-18(16)20)14-17-10-11-21(32-17)24(30)31/h2-13H,14H2,1H3,(H,30,31)(H,26,27,29). The number of carbonyl (C=O) groups excluding carboxylic acids is 1. The summed E-state index contributed by atoms with van der Waals surface area (Å²) < 4.78 is 7.40. The Labute approximate surface area is 193 Å². The van der Waals surface area contributed by atoms with Gasteiger partial charge in [0.15, 0.2) is 5.17 Å². The van der Waals surface area contributed by atoms with Crippen LogP contribution in [0.1, 0.15) is 27.4 Å². The van der Waals surface area contributed by atoms with Gasteiger partial charge in [-0.1, -0.05) is 36.4 Å². The number of carboxylic acids is 1. The van der Waals surface area contributed by atoms with Gasteiger partial charge < -0.3 is 19.4 Å². The summed E-state index contributed by atoms with van der Waals surface area (Å²) in [6.07, 6.45) is 3.79. The maximum Gasteiger partial charge on any atom is 0.371 e. The first-order valence-electron chi connectivity index (χ1n) is 10.2. The highest BCUT2D eigenvalue weighted by Crippen LogP contribution is 2.32. The molecule has 0 saturated carbocycles. The van der Waals surface area contributed by atoms with E-state index in [1.807, 2.05) is 72.3 Å². The molecule has 5 rings (SSSR count). The summed E-state index contributed by atoms with van der Waals surface area (Å²) >= 11 is 1.30. The van der Waals surface area contributed by atoms with Crippen LogP contribution in [0, 0.1) is 6.92 Å². The minimum atomic E-state index is -1.10. The second kappa shape index (κ2) is 8.48. The maximum atomic E-state index is 12.6. The van der Waals surface area contributed by atoms with E-state index in [2.05, 4.69) is 10.3 Å². The van der Waals surface area contributed by atoms with Crippen molar-refractivity contribution < 1.29 is 19.1 Å². The number of amides is 1. The van der Waals surface area contributed by atoms with Crippen LogP contribution in [0.4, 0.5) is 5.69 Å². The molecule has 1 saturated heterocycles. The molecule has 1 amide bonds. The molecule has 7 nitrogen and oxygen atoms in total. The van der Waals surface area contributed by atoms with Gasteiger partial charge in [-0.3, -0.25) is 4.79 Å². The summed E-state index contributed by atoms with van der Waals surface area (Å²) in [7, 11) is 0. The van der Waals surface area contributed by atoms with Crippen LogP contribution < -0.4 is 5.32 Å². The van der Waals surface area contributed by atoms with Crippen LogP contribution >= 0.6 is 11.8 Å². The summed E-state index contributed by atoms with van der Waals surface area (Å²) in [5, 5.41) is 13.5. The molecule has 0 atom stereocenters. The van der Waals surface area contributed by atoms with Gasteiger partial charge in [0.1, 0.15) is 5.76 Å². The molecule has 2 aromatic heterocycles. The fraction of sp³-hybridized carbons (Fsp3) is 0.0800. The van der Waals surface area contributed by atoms with Crippen LogP contribution in [0.15, 0.2) is 81.2 Å². The zero-order chi connectivity index (χ0) is 22.9. The number of carbonyl (C=O) groups is 2. The lowest BCUT2D eigenvalue weighted by Gasteiger charge is -2.02. The zero-order valence-corrected chi connectivity index (χ0v) is 18.4. The Balaban J connectivity index is 1.47. The molecule has 1 aliphatic rings. The number of furan rings is 1. The zero-order valence-electron chi connectivity index (χ0n) is 17.6. The molecule has 0 unspecified atom stereocenters. The number of amidine groups is 1. The van der Waals surface area contributed by atoms with E-state index in [1.54, 1.807) is 6.07 Å². The van der Waals surface area contributed by atoms with Crippen LogP contribution in [0.25, 0.3) is 17.0 Å². The number of para-hydroxylation sites is 2. The number of nitrogens with zero attached hydrogens (tertiary/aromatic N) is 2. The number of aliphatic imine (C=N–C) groups is 1. The number of benzene rings is 2. The van der Waals surface area contributed by atoms with Crippen molar-refractivity contribution in [2.24, 2.45) is 4.99 Å². The molecule has 1 aliphatic heterocycles. The van der Waals surface area contributed by atoms with Crippen molar-refractivity contribution in [3.63, 3.8) is 0 Å². The number of carboxylic acid groups (broad SMARTS) is 1. The van der Waals surface area contributed by atoms with E-state index in [0.29, 0.717) is 22.4 Å².